The second-order valence-corrected chi connectivity index (χ2v) is 4.05. The van der Waals surface area contributed by atoms with Gasteiger partial charge in [0.05, 0.1) is 19.3 Å². The lowest BCUT2D eigenvalue weighted by Crippen LogP contribution is -2.02. The monoisotopic (exact) mass is 207 g/mol. The lowest BCUT2D eigenvalue weighted by atomic mass is 10.0. The number of aromatic hydroxyl groups is 2. The molecule has 4 heteroatoms. The van der Waals surface area contributed by atoms with Crippen LogP contribution in [0.1, 0.15) is 17.5 Å². The average Bonchev–Trinajstić information content (AvgIpc) is 3.04. The van der Waals surface area contributed by atoms with Crippen molar-refractivity contribution in [2.45, 2.75) is 25.5 Å². The zero-order chi connectivity index (χ0) is 10.4. The summed E-state index contributed by atoms with van der Waals surface area (Å²) in [6.45, 7) is 1.26. The van der Waals surface area contributed by atoms with Gasteiger partial charge in [-0.2, -0.15) is 0 Å². The largest absolute Gasteiger partial charge is 0.494 e. The fourth-order valence-electron chi connectivity index (χ4n) is 2.06. The first-order chi connectivity index (χ1) is 7.27. The van der Waals surface area contributed by atoms with Crippen molar-refractivity contribution in [1.82, 2.24) is 4.57 Å². The highest BCUT2D eigenvalue weighted by Crippen LogP contribution is 2.38. The maximum Gasteiger partial charge on any atom is 0.201 e. The van der Waals surface area contributed by atoms with E-state index < -0.39 is 0 Å². The zero-order valence-electron chi connectivity index (χ0n) is 8.31. The van der Waals surface area contributed by atoms with Crippen LogP contribution in [0.4, 0.5) is 0 Å². The molecule has 1 aliphatic heterocycles. The van der Waals surface area contributed by atoms with Crippen LogP contribution < -0.4 is 0 Å². The summed E-state index contributed by atoms with van der Waals surface area (Å²) < 4.78 is 6.63. The molecule has 1 atom stereocenters. The zero-order valence-corrected chi connectivity index (χ0v) is 8.31. The predicted octanol–water partition coefficient (Wildman–Crippen LogP) is 1.26. The fourth-order valence-corrected chi connectivity index (χ4v) is 2.06. The third kappa shape index (κ3) is 1.33. The van der Waals surface area contributed by atoms with E-state index in [1.54, 1.807) is 0 Å². The summed E-state index contributed by atoms with van der Waals surface area (Å²) in [5.41, 5.74) is 1.62. The van der Waals surface area contributed by atoms with Crippen LogP contribution in [0.2, 0.25) is 0 Å². The first-order valence-corrected chi connectivity index (χ1v) is 5.19. The van der Waals surface area contributed by atoms with E-state index in [-0.39, 0.29) is 17.9 Å². The van der Waals surface area contributed by atoms with Gasteiger partial charge in [0.2, 0.25) is 5.88 Å². The minimum atomic E-state index is 0.152. The molecule has 1 aromatic rings. The molecule has 15 heavy (non-hydrogen) atoms. The van der Waals surface area contributed by atoms with E-state index in [0.29, 0.717) is 6.54 Å². The van der Waals surface area contributed by atoms with E-state index in [9.17, 15) is 10.2 Å². The van der Waals surface area contributed by atoms with Gasteiger partial charge in [0.1, 0.15) is 0 Å². The van der Waals surface area contributed by atoms with Crippen LogP contribution in [0.3, 0.4) is 0 Å². The topological polar surface area (TPSA) is 57.9 Å². The van der Waals surface area contributed by atoms with Gasteiger partial charge >= 0.3 is 0 Å². The highest BCUT2D eigenvalue weighted by Gasteiger charge is 2.28. The molecule has 0 bridgehead atoms. The van der Waals surface area contributed by atoms with E-state index in [2.05, 4.69) is 0 Å². The molecule has 2 heterocycles. The molecule has 3 rings (SSSR count). The molecule has 1 saturated heterocycles. The quantitative estimate of drug-likeness (QED) is 0.718. The average molecular weight is 207 g/mol. The maximum absolute atomic E-state index is 9.95. The van der Waals surface area contributed by atoms with E-state index in [1.165, 1.54) is 4.57 Å². The number of rotatable bonds is 2. The summed E-state index contributed by atoms with van der Waals surface area (Å²) in [6.07, 6.45) is 5.75. The third-order valence-electron chi connectivity index (χ3n) is 2.98. The van der Waals surface area contributed by atoms with Crippen molar-refractivity contribution in [3.63, 3.8) is 0 Å². The lowest BCUT2D eigenvalue weighted by Gasteiger charge is -2.04. The molecule has 0 amide bonds. The molecular formula is C11H13NO3. The number of aromatic nitrogens is 1. The minimum absolute atomic E-state index is 0.152. The summed E-state index contributed by atoms with van der Waals surface area (Å²) in [7, 11) is 0. The van der Waals surface area contributed by atoms with E-state index in [4.69, 9.17) is 4.74 Å². The molecule has 2 aliphatic rings. The van der Waals surface area contributed by atoms with Gasteiger partial charge in [-0.25, -0.2) is 0 Å². The number of nitrogens with zero attached hydrogens (tertiary/aromatic N) is 1. The van der Waals surface area contributed by atoms with E-state index >= 15 is 0 Å². The molecule has 0 spiro atoms. The molecule has 1 aliphatic carbocycles. The Morgan fingerprint density at radius 2 is 2.20 bits per heavy atom. The van der Waals surface area contributed by atoms with Gasteiger partial charge in [0.25, 0.3) is 0 Å². The van der Waals surface area contributed by atoms with Gasteiger partial charge in [-0.1, -0.05) is 12.2 Å². The Bertz CT molecular complexity index is 430. The molecule has 2 N–H and O–H groups in total. The number of hydrogen-bond donors (Lipinski definition) is 2. The van der Waals surface area contributed by atoms with Gasteiger partial charge in [0.15, 0.2) is 5.88 Å². The summed E-state index contributed by atoms with van der Waals surface area (Å²) >= 11 is 0. The van der Waals surface area contributed by atoms with Crippen molar-refractivity contribution in [2.75, 3.05) is 6.61 Å². The Morgan fingerprint density at radius 3 is 2.87 bits per heavy atom. The molecule has 4 nitrogen and oxygen atoms in total. The van der Waals surface area contributed by atoms with Gasteiger partial charge in [-0.15, -0.1) is 0 Å². The van der Waals surface area contributed by atoms with Crippen LogP contribution in [0.15, 0.2) is 6.08 Å². The summed E-state index contributed by atoms with van der Waals surface area (Å²) in [4.78, 5) is 0. The number of fused-ring (bicyclic) bond motifs is 1. The second-order valence-electron chi connectivity index (χ2n) is 4.05. The SMILES string of the molecule is Oc1c2c(c(O)n1CC1CO1)CCC=C2. The van der Waals surface area contributed by atoms with Crippen LogP contribution in [0.5, 0.6) is 11.8 Å². The van der Waals surface area contributed by atoms with Crippen LogP contribution in [0, 0.1) is 0 Å². The fraction of sp³-hybridized carbons (Fsp3) is 0.455. The Labute approximate surface area is 87.4 Å². The Kier molecular flexibility index (Phi) is 1.79. The molecule has 0 aromatic carbocycles. The molecule has 0 radical (unpaired) electrons. The maximum atomic E-state index is 9.95. The van der Waals surface area contributed by atoms with Crippen molar-refractivity contribution in [3.8, 4) is 11.8 Å². The van der Waals surface area contributed by atoms with Crippen LogP contribution in [-0.4, -0.2) is 27.5 Å². The van der Waals surface area contributed by atoms with Crippen molar-refractivity contribution < 1.29 is 14.9 Å². The number of epoxide rings is 1. The Hall–Kier alpha value is -1.42. The molecule has 1 unspecified atom stereocenters. The predicted molar refractivity (Wildman–Crippen MR) is 54.9 cm³/mol. The van der Waals surface area contributed by atoms with E-state index in [1.807, 2.05) is 12.2 Å². The standard InChI is InChI=1S/C11H13NO3/c13-10-8-3-1-2-4-9(8)11(14)12(10)5-7-6-15-7/h1,3,7,13-14H,2,4-6H2. The van der Waals surface area contributed by atoms with Crippen LogP contribution >= 0.6 is 0 Å². The number of ether oxygens (including phenoxy) is 1. The normalized spacial score (nSPS) is 22.8. The minimum Gasteiger partial charge on any atom is -0.494 e. The highest BCUT2D eigenvalue weighted by molar-refractivity contribution is 5.65. The Balaban J connectivity index is 2.05. The van der Waals surface area contributed by atoms with Gasteiger partial charge in [0, 0.05) is 11.1 Å². The lowest BCUT2D eigenvalue weighted by molar-refractivity contribution is 0.328. The molecule has 80 valence electrons. The van der Waals surface area contributed by atoms with Gasteiger partial charge < -0.3 is 14.9 Å². The number of hydrogen-bond acceptors (Lipinski definition) is 3. The summed E-state index contributed by atoms with van der Waals surface area (Å²) in [6, 6.07) is 0. The second kappa shape index (κ2) is 3.03. The smallest absolute Gasteiger partial charge is 0.201 e. The van der Waals surface area contributed by atoms with Crippen molar-refractivity contribution in [2.24, 2.45) is 0 Å². The first kappa shape index (κ1) is 8.85. The number of allylic oxidation sites excluding steroid dienone is 1. The molecule has 1 fully saturated rings. The van der Waals surface area contributed by atoms with Crippen LogP contribution in [-0.2, 0) is 17.7 Å². The summed E-state index contributed by atoms with van der Waals surface area (Å²) in [5.74, 6) is 0.358. The van der Waals surface area contributed by atoms with Crippen LogP contribution in [0.25, 0.3) is 6.08 Å². The molecule has 1 aromatic heterocycles. The highest BCUT2D eigenvalue weighted by atomic mass is 16.6. The van der Waals surface area contributed by atoms with Crippen molar-refractivity contribution in [1.29, 1.82) is 0 Å². The molecule has 0 saturated carbocycles. The third-order valence-corrected chi connectivity index (χ3v) is 2.98. The van der Waals surface area contributed by atoms with E-state index in [0.717, 1.165) is 30.6 Å². The summed E-state index contributed by atoms with van der Waals surface area (Å²) in [5, 5.41) is 19.9. The Morgan fingerprint density at radius 1 is 1.40 bits per heavy atom. The first-order valence-electron chi connectivity index (χ1n) is 5.19. The van der Waals surface area contributed by atoms with Crippen molar-refractivity contribution >= 4 is 6.08 Å². The van der Waals surface area contributed by atoms with Gasteiger partial charge in [-0.3, -0.25) is 4.57 Å². The van der Waals surface area contributed by atoms with Crippen molar-refractivity contribution in [3.05, 3.63) is 17.2 Å². The van der Waals surface area contributed by atoms with Gasteiger partial charge in [-0.05, 0) is 12.8 Å². The molecular weight excluding hydrogens is 194 g/mol.